The standard InChI is InChI=1S/C23H30N6O7S/c24-23(25)28(29(33)34)14-7-12-19(22(31)32)26-21(30)20(16-18-10-5-2-6-11-18)27-37(35,36)15-13-17-8-3-1-4-9-17/h1-6,8-11,19-20,27H,7,12-16H2,(H3,24,25)(H,26,30)(H,31,32)/t19-,20+/m0/s1. The minimum absolute atomic E-state index is 0.0248. The Kier molecular flexibility index (Phi) is 11.0. The number of carboxylic acids is 1. The second-order valence-corrected chi connectivity index (χ2v) is 10.1. The van der Waals surface area contributed by atoms with E-state index >= 15 is 0 Å². The van der Waals surface area contributed by atoms with Crippen LogP contribution in [-0.4, -0.2) is 65.8 Å². The number of nitrogens with zero attached hydrogens (tertiary/aromatic N) is 2. The number of nitro groups is 1. The second kappa shape index (κ2) is 13.9. The van der Waals surface area contributed by atoms with Crippen LogP contribution >= 0.6 is 0 Å². The molecular weight excluding hydrogens is 504 g/mol. The molecule has 13 nitrogen and oxygen atoms in total. The number of hydrazine groups is 1. The first kappa shape index (κ1) is 29.2. The lowest BCUT2D eigenvalue weighted by atomic mass is 10.0. The van der Waals surface area contributed by atoms with Gasteiger partial charge in [0.25, 0.3) is 5.96 Å². The molecule has 0 unspecified atom stereocenters. The predicted molar refractivity (Wildman–Crippen MR) is 135 cm³/mol. The van der Waals surface area contributed by atoms with E-state index in [-0.39, 0.29) is 38.0 Å². The number of rotatable bonds is 15. The summed E-state index contributed by atoms with van der Waals surface area (Å²) in [5.74, 6) is -3.33. The fourth-order valence-electron chi connectivity index (χ4n) is 3.48. The monoisotopic (exact) mass is 534 g/mol. The molecule has 0 aliphatic carbocycles. The maximum absolute atomic E-state index is 13.1. The molecule has 2 rings (SSSR count). The highest BCUT2D eigenvalue weighted by Gasteiger charge is 2.29. The van der Waals surface area contributed by atoms with Gasteiger partial charge in [-0.15, -0.1) is 0 Å². The molecule has 0 fully saturated rings. The van der Waals surface area contributed by atoms with Gasteiger partial charge in [-0.1, -0.05) is 65.7 Å². The molecule has 37 heavy (non-hydrogen) atoms. The van der Waals surface area contributed by atoms with E-state index in [2.05, 4.69) is 10.0 Å². The van der Waals surface area contributed by atoms with Gasteiger partial charge >= 0.3 is 5.97 Å². The third kappa shape index (κ3) is 10.2. The normalized spacial score (nSPS) is 12.8. The first-order chi connectivity index (χ1) is 17.5. The molecule has 0 saturated carbocycles. The number of sulfonamides is 1. The van der Waals surface area contributed by atoms with Crippen molar-refractivity contribution in [2.45, 2.75) is 37.8 Å². The maximum Gasteiger partial charge on any atom is 0.326 e. The first-order valence-corrected chi connectivity index (χ1v) is 13.0. The van der Waals surface area contributed by atoms with Crippen molar-refractivity contribution < 1.29 is 28.1 Å². The number of aryl methyl sites for hydroxylation is 1. The Balaban J connectivity index is 2.11. The molecule has 0 aliphatic rings. The number of aliphatic carboxylic acids is 1. The SMILES string of the molecule is N=C(N)N(CCC[C@H](NC(=O)[C@@H](Cc1ccccc1)NS(=O)(=O)CCc1ccccc1)C(=O)O)[N+](=O)[O-]. The molecule has 200 valence electrons. The Labute approximate surface area is 214 Å². The van der Waals surface area contributed by atoms with Gasteiger partial charge in [-0.05, 0) is 36.8 Å². The molecule has 0 spiro atoms. The number of nitrogens with one attached hydrogen (secondary N) is 3. The van der Waals surface area contributed by atoms with Crippen molar-refractivity contribution >= 4 is 27.9 Å². The van der Waals surface area contributed by atoms with E-state index in [4.69, 9.17) is 11.1 Å². The number of carbonyl (C=O) groups excluding carboxylic acids is 1. The van der Waals surface area contributed by atoms with E-state index in [0.29, 0.717) is 10.6 Å². The molecule has 0 bridgehead atoms. The van der Waals surface area contributed by atoms with Crippen molar-refractivity contribution in [3.05, 3.63) is 81.9 Å². The molecule has 14 heteroatoms. The summed E-state index contributed by atoms with van der Waals surface area (Å²) in [6, 6.07) is 14.8. The van der Waals surface area contributed by atoms with E-state index in [1.54, 1.807) is 54.6 Å². The third-order valence-corrected chi connectivity index (χ3v) is 6.76. The van der Waals surface area contributed by atoms with Crippen LogP contribution in [0.2, 0.25) is 0 Å². The highest BCUT2D eigenvalue weighted by atomic mass is 32.2. The molecular formula is C23H30N6O7S. The summed E-state index contributed by atoms with van der Waals surface area (Å²) in [5, 5.41) is 29.5. The molecule has 0 aromatic heterocycles. The molecule has 0 radical (unpaired) electrons. The minimum Gasteiger partial charge on any atom is -0.480 e. The van der Waals surface area contributed by atoms with Gasteiger partial charge in [0, 0.05) is 0 Å². The summed E-state index contributed by atoms with van der Waals surface area (Å²) in [7, 11) is -3.92. The molecule has 0 saturated heterocycles. The lowest BCUT2D eigenvalue weighted by molar-refractivity contribution is -0.629. The number of amides is 1. The zero-order valence-electron chi connectivity index (χ0n) is 19.9. The molecule has 6 N–H and O–H groups in total. The summed E-state index contributed by atoms with van der Waals surface area (Å²) in [6.45, 7) is -0.346. The van der Waals surface area contributed by atoms with Crippen LogP contribution in [0.25, 0.3) is 0 Å². The second-order valence-electron chi connectivity index (χ2n) is 8.20. The number of guanidine groups is 1. The number of benzene rings is 2. The zero-order valence-corrected chi connectivity index (χ0v) is 20.8. The number of carboxylic acid groups (broad SMARTS) is 1. The number of nitrogens with two attached hydrogens (primary N) is 1. The van der Waals surface area contributed by atoms with E-state index < -0.39 is 45.0 Å². The van der Waals surface area contributed by atoms with Crippen molar-refractivity contribution in [3.63, 3.8) is 0 Å². The molecule has 0 heterocycles. The Morgan fingerprint density at radius 2 is 1.62 bits per heavy atom. The van der Waals surface area contributed by atoms with Gasteiger partial charge in [0.05, 0.1) is 12.3 Å². The molecule has 2 atom stereocenters. The van der Waals surface area contributed by atoms with Crippen LogP contribution in [0, 0.1) is 15.5 Å². The van der Waals surface area contributed by atoms with E-state index in [1.807, 2.05) is 6.07 Å². The Hall–Kier alpha value is -4.04. The maximum atomic E-state index is 13.1. The summed E-state index contributed by atoms with van der Waals surface area (Å²) < 4.78 is 28.0. The highest BCUT2D eigenvalue weighted by molar-refractivity contribution is 7.89. The lowest BCUT2D eigenvalue weighted by Crippen LogP contribution is -2.53. The van der Waals surface area contributed by atoms with Crippen LogP contribution in [0.3, 0.4) is 0 Å². The van der Waals surface area contributed by atoms with Crippen molar-refractivity contribution in [3.8, 4) is 0 Å². The zero-order chi connectivity index (χ0) is 27.4. The summed E-state index contributed by atoms with van der Waals surface area (Å²) in [6.07, 6.45) is -0.0960. The van der Waals surface area contributed by atoms with Gasteiger partial charge < -0.3 is 16.2 Å². The topological polar surface area (TPSA) is 209 Å². The minimum atomic E-state index is -3.92. The number of hydrogen-bond acceptors (Lipinski definition) is 7. The van der Waals surface area contributed by atoms with Crippen LogP contribution in [0.15, 0.2) is 60.7 Å². The van der Waals surface area contributed by atoms with Crippen molar-refractivity contribution in [2.24, 2.45) is 5.73 Å². The average molecular weight is 535 g/mol. The smallest absolute Gasteiger partial charge is 0.326 e. The van der Waals surface area contributed by atoms with Crippen molar-refractivity contribution in [1.29, 1.82) is 5.41 Å². The van der Waals surface area contributed by atoms with Crippen LogP contribution in [0.4, 0.5) is 0 Å². The Morgan fingerprint density at radius 1 is 1.05 bits per heavy atom. The fourth-order valence-corrected chi connectivity index (χ4v) is 4.72. The van der Waals surface area contributed by atoms with Gasteiger partial charge in [0.2, 0.25) is 15.9 Å². The van der Waals surface area contributed by atoms with Gasteiger partial charge in [0.1, 0.15) is 12.1 Å². The van der Waals surface area contributed by atoms with E-state index in [9.17, 15) is 33.2 Å². The van der Waals surface area contributed by atoms with Gasteiger partial charge in [-0.2, -0.15) is 0 Å². The third-order valence-electron chi connectivity index (χ3n) is 5.38. The molecule has 2 aromatic carbocycles. The van der Waals surface area contributed by atoms with Crippen LogP contribution in [0.1, 0.15) is 24.0 Å². The van der Waals surface area contributed by atoms with Crippen LogP contribution < -0.4 is 15.8 Å². The molecule has 1 amide bonds. The average Bonchev–Trinajstić information content (AvgIpc) is 2.84. The predicted octanol–water partition coefficient (Wildman–Crippen LogP) is 0.497. The number of hydrogen-bond donors (Lipinski definition) is 5. The summed E-state index contributed by atoms with van der Waals surface area (Å²) >= 11 is 0. The molecule has 0 aliphatic heterocycles. The van der Waals surface area contributed by atoms with E-state index in [0.717, 1.165) is 5.56 Å². The van der Waals surface area contributed by atoms with Gasteiger partial charge in [0.15, 0.2) is 5.03 Å². The summed E-state index contributed by atoms with van der Waals surface area (Å²) in [4.78, 5) is 35.7. The van der Waals surface area contributed by atoms with E-state index in [1.165, 1.54) is 0 Å². The Morgan fingerprint density at radius 3 is 2.14 bits per heavy atom. The fraction of sp³-hybridized carbons (Fsp3) is 0.348. The lowest BCUT2D eigenvalue weighted by Gasteiger charge is -2.22. The largest absolute Gasteiger partial charge is 0.480 e. The quantitative estimate of drug-likeness (QED) is 0.0930. The Bertz CT molecular complexity index is 1160. The van der Waals surface area contributed by atoms with Crippen molar-refractivity contribution in [2.75, 3.05) is 12.3 Å². The van der Waals surface area contributed by atoms with Crippen LogP contribution in [0.5, 0.6) is 0 Å². The van der Waals surface area contributed by atoms with Crippen LogP contribution in [-0.2, 0) is 32.5 Å². The summed E-state index contributed by atoms with van der Waals surface area (Å²) in [5.41, 5.74) is 6.60. The number of carbonyl (C=O) groups is 2. The van der Waals surface area contributed by atoms with Gasteiger partial charge in [-0.3, -0.25) is 10.2 Å². The molecule has 2 aromatic rings. The highest BCUT2D eigenvalue weighted by Crippen LogP contribution is 2.09. The van der Waals surface area contributed by atoms with Gasteiger partial charge in [-0.25, -0.2) is 28.0 Å². The van der Waals surface area contributed by atoms with Crippen molar-refractivity contribution in [1.82, 2.24) is 15.0 Å². The first-order valence-electron chi connectivity index (χ1n) is 11.4.